The van der Waals surface area contributed by atoms with Crippen LogP contribution in [0.15, 0.2) is 5.16 Å². The molecule has 0 heterocycles. The summed E-state index contributed by atoms with van der Waals surface area (Å²) in [6.45, 7) is 7.65. The molecule has 4 heteroatoms. The van der Waals surface area contributed by atoms with E-state index < -0.39 is 0 Å². The Morgan fingerprint density at radius 3 is 2.71 bits per heavy atom. The highest BCUT2D eigenvalue weighted by molar-refractivity contribution is 5.80. The van der Waals surface area contributed by atoms with Crippen LogP contribution in [0.3, 0.4) is 0 Å². The highest BCUT2D eigenvalue weighted by Gasteiger charge is 2.44. The molecule has 2 atom stereocenters. The third-order valence-electron chi connectivity index (χ3n) is 3.07. The molecule has 1 rings (SSSR count). The van der Waals surface area contributed by atoms with E-state index in [-0.39, 0.29) is 6.04 Å². The molecule has 0 spiro atoms. The van der Waals surface area contributed by atoms with Gasteiger partial charge in [-0.15, -0.1) is 0 Å². The van der Waals surface area contributed by atoms with E-state index in [1.54, 1.807) is 0 Å². The van der Waals surface area contributed by atoms with Crippen LogP contribution in [0, 0.1) is 11.3 Å². The molecule has 0 saturated heterocycles. The number of nitrogens with two attached hydrogens (primary N) is 1. The fourth-order valence-corrected chi connectivity index (χ4v) is 1.69. The molecule has 1 aliphatic carbocycles. The van der Waals surface area contributed by atoms with Gasteiger partial charge in [0.15, 0.2) is 0 Å². The topological polar surface area (TPSA) is 70.6 Å². The molecule has 0 bridgehead atoms. The molecular formula is C10H21N3O. The van der Waals surface area contributed by atoms with Crippen molar-refractivity contribution in [3.05, 3.63) is 0 Å². The maximum absolute atomic E-state index is 8.39. The first-order valence-electron chi connectivity index (χ1n) is 5.15. The summed E-state index contributed by atoms with van der Waals surface area (Å²) in [6, 6.07) is 0.280. The van der Waals surface area contributed by atoms with Gasteiger partial charge in [-0.3, -0.25) is 0 Å². The molecule has 0 aromatic heterocycles. The summed E-state index contributed by atoms with van der Waals surface area (Å²) in [5.74, 6) is 1.08. The number of nitrogens with one attached hydrogen (secondary N) is 1. The molecular weight excluding hydrogens is 178 g/mol. The zero-order valence-electron chi connectivity index (χ0n) is 9.25. The van der Waals surface area contributed by atoms with Gasteiger partial charge in [-0.2, -0.15) is 0 Å². The number of oxime groups is 1. The molecule has 0 radical (unpaired) electrons. The second-order valence-corrected chi connectivity index (χ2v) is 4.99. The maximum Gasteiger partial charge on any atom is 0.140 e. The number of nitrogens with zero attached hydrogens (tertiary/aromatic N) is 1. The van der Waals surface area contributed by atoms with Crippen molar-refractivity contribution >= 4 is 5.84 Å². The van der Waals surface area contributed by atoms with E-state index in [1.165, 1.54) is 6.42 Å². The zero-order chi connectivity index (χ0) is 10.8. The van der Waals surface area contributed by atoms with Gasteiger partial charge in [0.25, 0.3) is 0 Å². The summed E-state index contributed by atoms with van der Waals surface area (Å²) < 4.78 is 0. The smallest absolute Gasteiger partial charge is 0.140 e. The summed E-state index contributed by atoms with van der Waals surface area (Å²) in [4.78, 5) is 0. The molecule has 0 aromatic rings. The predicted molar refractivity (Wildman–Crippen MR) is 57.4 cm³/mol. The van der Waals surface area contributed by atoms with E-state index in [0.29, 0.717) is 17.7 Å². The van der Waals surface area contributed by atoms with E-state index in [4.69, 9.17) is 10.9 Å². The van der Waals surface area contributed by atoms with E-state index in [9.17, 15) is 0 Å². The van der Waals surface area contributed by atoms with Gasteiger partial charge in [-0.25, -0.2) is 0 Å². The van der Waals surface area contributed by atoms with E-state index in [2.05, 4.69) is 24.3 Å². The van der Waals surface area contributed by atoms with Gasteiger partial charge in [0.2, 0.25) is 0 Å². The lowest BCUT2D eigenvalue weighted by molar-refractivity contribution is 0.315. The second-order valence-electron chi connectivity index (χ2n) is 4.99. The molecule has 2 unspecified atom stereocenters. The number of hydrogen-bond acceptors (Lipinski definition) is 3. The van der Waals surface area contributed by atoms with Gasteiger partial charge < -0.3 is 16.3 Å². The minimum Gasteiger partial charge on any atom is -0.409 e. The fourth-order valence-electron chi connectivity index (χ4n) is 1.69. The van der Waals surface area contributed by atoms with E-state index >= 15 is 0 Å². The molecule has 82 valence electrons. The summed E-state index contributed by atoms with van der Waals surface area (Å²) in [5, 5.41) is 14.7. The lowest BCUT2D eigenvalue weighted by Gasteiger charge is -2.13. The normalized spacial score (nSPS) is 27.4. The van der Waals surface area contributed by atoms with Crippen molar-refractivity contribution in [1.29, 1.82) is 0 Å². The monoisotopic (exact) mass is 199 g/mol. The van der Waals surface area contributed by atoms with Crippen molar-refractivity contribution in [2.75, 3.05) is 6.54 Å². The summed E-state index contributed by atoms with van der Waals surface area (Å²) in [6.07, 6.45) is 1.90. The van der Waals surface area contributed by atoms with Crippen LogP contribution in [-0.4, -0.2) is 23.6 Å². The van der Waals surface area contributed by atoms with Crippen molar-refractivity contribution < 1.29 is 5.21 Å². The average Bonchev–Trinajstić information content (AvgIpc) is 2.70. The Bertz CT molecular complexity index is 225. The second kappa shape index (κ2) is 4.17. The first-order chi connectivity index (χ1) is 6.45. The molecule has 14 heavy (non-hydrogen) atoms. The first-order valence-corrected chi connectivity index (χ1v) is 5.15. The standard InChI is InChI=1S/C10H21N3O/c1-7(4-9(11)13-14)12-6-8-5-10(8,2)3/h7-8,12,14H,4-6H2,1-3H3,(H2,11,13). The number of amidine groups is 1. The van der Waals surface area contributed by atoms with Crippen LogP contribution >= 0.6 is 0 Å². The Morgan fingerprint density at radius 2 is 2.29 bits per heavy atom. The van der Waals surface area contributed by atoms with Gasteiger partial charge in [0, 0.05) is 12.5 Å². The Kier molecular flexibility index (Phi) is 3.37. The van der Waals surface area contributed by atoms with Crippen molar-refractivity contribution in [2.45, 2.75) is 39.7 Å². The summed E-state index contributed by atoms with van der Waals surface area (Å²) >= 11 is 0. The molecule has 0 aliphatic heterocycles. The van der Waals surface area contributed by atoms with Crippen molar-refractivity contribution in [2.24, 2.45) is 22.2 Å². The Balaban J connectivity index is 2.13. The third-order valence-corrected chi connectivity index (χ3v) is 3.07. The van der Waals surface area contributed by atoms with Gasteiger partial charge in [-0.1, -0.05) is 19.0 Å². The lowest BCUT2D eigenvalue weighted by atomic mass is 10.1. The zero-order valence-corrected chi connectivity index (χ0v) is 9.25. The molecule has 1 saturated carbocycles. The molecule has 0 aromatic carbocycles. The first kappa shape index (κ1) is 11.3. The van der Waals surface area contributed by atoms with Crippen LogP contribution in [0.4, 0.5) is 0 Å². The van der Waals surface area contributed by atoms with Gasteiger partial charge in [0.1, 0.15) is 5.84 Å². The average molecular weight is 199 g/mol. The highest BCUT2D eigenvalue weighted by Crippen LogP contribution is 2.50. The Hall–Kier alpha value is -0.770. The van der Waals surface area contributed by atoms with Crippen molar-refractivity contribution in [3.8, 4) is 0 Å². The predicted octanol–water partition coefficient (Wildman–Crippen LogP) is 1.15. The molecule has 4 N–H and O–H groups in total. The molecule has 1 aliphatic rings. The van der Waals surface area contributed by atoms with Crippen LogP contribution < -0.4 is 11.1 Å². The third kappa shape index (κ3) is 3.18. The Labute approximate surface area is 85.6 Å². The molecule has 0 amide bonds. The summed E-state index contributed by atoms with van der Waals surface area (Å²) in [7, 11) is 0. The van der Waals surface area contributed by atoms with Crippen molar-refractivity contribution in [1.82, 2.24) is 5.32 Å². The maximum atomic E-state index is 8.39. The minimum atomic E-state index is 0.280. The van der Waals surface area contributed by atoms with Crippen LogP contribution in [-0.2, 0) is 0 Å². The van der Waals surface area contributed by atoms with E-state index in [1.807, 2.05) is 6.92 Å². The van der Waals surface area contributed by atoms with Crippen LogP contribution in [0.5, 0.6) is 0 Å². The number of rotatable bonds is 5. The lowest BCUT2D eigenvalue weighted by Crippen LogP contribution is -2.33. The Morgan fingerprint density at radius 1 is 1.71 bits per heavy atom. The SMILES string of the molecule is CC(CC(N)=NO)NCC1CC1(C)C. The summed E-state index contributed by atoms with van der Waals surface area (Å²) in [5.41, 5.74) is 5.93. The molecule has 1 fully saturated rings. The van der Waals surface area contributed by atoms with Gasteiger partial charge >= 0.3 is 0 Å². The van der Waals surface area contributed by atoms with Gasteiger partial charge in [-0.05, 0) is 31.2 Å². The van der Waals surface area contributed by atoms with Crippen LogP contribution in [0.1, 0.15) is 33.6 Å². The quantitative estimate of drug-likeness (QED) is 0.269. The van der Waals surface area contributed by atoms with Crippen LogP contribution in [0.2, 0.25) is 0 Å². The van der Waals surface area contributed by atoms with E-state index in [0.717, 1.165) is 12.5 Å². The minimum absolute atomic E-state index is 0.280. The highest BCUT2D eigenvalue weighted by atomic mass is 16.4. The fraction of sp³-hybridized carbons (Fsp3) is 0.900. The molecule has 4 nitrogen and oxygen atoms in total. The van der Waals surface area contributed by atoms with Crippen molar-refractivity contribution in [3.63, 3.8) is 0 Å². The largest absolute Gasteiger partial charge is 0.409 e. The number of hydrogen-bond donors (Lipinski definition) is 3. The van der Waals surface area contributed by atoms with Crippen LogP contribution in [0.25, 0.3) is 0 Å². The van der Waals surface area contributed by atoms with Gasteiger partial charge in [0.05, 0.1) is 0 Å².